The molecule has 0 aromatic heterocycles. The first kappa shape index (κ1) is 13.5. The van der Waals surface area contributed by atoms with Gasteiger partial charge in [0.2, 0.25) is 0 Å². The number of para-hydroxylation sites is 1. The molecular weight excluding hydrogens is 310 g/mol. The van der Waals surface area contributed by atoms with Gasteiger partial charge in [0, 0.05) is 4.47 Å². The van der Waals surface area contributed by atoms with Crippen LogP contribution in [0.1, 0.15) is 0 Å². The summed E-state index contributed by atoms with van der Waals surface area (Å²) in [6, 6.07) is 12.4. The zero-order chi connectivity index (χ0) is 13.7. The van der Waals surface area contributed by atoms with E-state index in [2.05, 4.69) is 15.9 Å². The predicted octanol–water partition coefficient (Wildman–Crippen LogP) is 3.19. The van der Waals surface area contributed by atoms with Gasteiger partial charge in [0.25, 0.3) is 0 Å². The summed E-state index contributed by atoms with van der Waals surface area (Å²) in [7, 11) is 0. The van der Waals surface area contributed by atoms with Crippen LogP contribution in [0, 0.1) is 0 Å². The summed E-state index contributed by atoms with van der Waals surface area (Å²) in [4.78, 5) is 0. The maximum absolute atomic E-state index is 9.42. The molecule has 2 aromatic carbocycles. The first-order valence-corrected chi connectivity index (χ1v) is 6.55. The van der Waals surface area contributed by atoms with Gasteiger partial charge in [0.15, 0.2) is 0 Å². The minimum absolute atomic E-state index is 0.0197. The Hall–Kier alpha value is -1.88. The smallest absolute Gasteiger partial charge is 0.146 e. The standard InChI is InChI=1S/C14H14BrNO3/c15-10-4-6-11(7-5-10)18-8-9-19-13-3-1-2-12(17)14(13)16/h1-7,17H,8-9,16H2. The molecule has 3 N–H and O–H groups in total. The normalized spacial score (nSPS) is 10.2. The molecule has 0 radical (unpaired) electrons. The maximum atomic E-state index is 9.42. The molecule has 0 fully saturated rings. The molecular formula is C14H14BrNO3. The highest BCUT2D eigenvalue weighted by molar-refractivity contribution is 9.10. The Morgan fingerprint density at radius 2 is 1.68 bits per heavy atom. The number of nitrogen functional groups attached to an aromatic ring is 1. The fourth-order valence-corrected chi connectivity index (χ4v) is 1.76. The van der Waals surface area contributed by atoms with Gasteiger partial charge in [0.1, 0.15) is 36.1 Å². The van der Waals surface area contributed by atoms with Crippen molar-refractivity contribution in [1.29, 1.82) is 0 Å². The highest BCUT2D eigenvalue weighted by atomic mass is 79.9. The first-order chi connectivity index (χ1) is 9.16. The molecule has 0 unspecified atom stereocenters. The largest absolute Gasteiger partial charge is 0.506 e. The molecule has 0 aliphatic rings. The summed E-state index contributed by atoms with van der Waals surface area (Å²) in [6.07, 6.45) is 0. The average Bonchev–Trinajstić information content (AvgIpc) is 2.41. The van der Waals surface area contributed by atoms with E-state index in [1.54, 1.807) is 12.1 Å². The Kier molecular flexibility index (Phi) is 4.52. The van der Waals surface area contributed by atoms with Crippen LogP contribution in [-0.4, -0.2) is 18.3 Å². The number of rotatable bonds is 5. The Balaban J connectivity index is 1.81. The Labute approximate surface area is 119 Å². The summed E-state index contributed by atoms with van der Waals surface area (Å²) < 4.78 is 12.0. The summed E-state index contributed by atoms with van der Waals surface area (Å²) >= 11 is 3.35. The van der Waals surface area contributed by atoms with E-state index in [1.165, 1.54) is 6.07 Å². The Morgan fingerprint density at radius 1 is 1.00 bits per heavy atom. The first-order valence-electron chi connectivity index (χ1n) is 5.75. The molecule has 5 heteroatoms. The van der Waals surface area contributed by atoms with Crippen molar-refractivity contribution in [1.82, 2.24) is 0 Å². The van der Waals surface area contributed by atoms with Gasteiger partial charge in [-0.2, -0.15) is 0 Å². The molecule has 19 heavy (non-hydrogen) atoms. The number of nitrogens with two attached hydrogens (primary N) is 1. The van der Waals surface area contributed by atoms with Crippen LogP contribution in [0.3, 0.4) is 0 Å². The van der Waals surface area contributed by atoms with Crippen molar-refractivity contribution in [2.45, 2.75) is 0 Å². The van der Waals surface area contributed by atoms with Gasteiger partial charge in [-0.1, -0.05) is 22.0 Å². The SMILES string of the molecule is Nc1c(O)cccc1OCCOc1ccc(Br)cc1. The van der Waals surface area contributed by atoms with Crippen LogP contribution in [0.5, 0.6) is 17.2 Å². The van der Waals surface area contributed by atoms with Crippen LogP contribution in [0.4, 0.5) is 5.69 Å². The van der Waals surface area contributed by atoms with Gasteiger partial charge in [-0.15, -0.1) is 0 Å². The molecule has 2 rings (SSSR count). The number of phenols is 1. The van der Waals surface area contributed by atoms with Gasteiger partial charge in [-0.3, -0.25) is 0 Å². The number of benzene rings is 2. The second kappa shape index (κ2) is 6.33. The number of ether oxygens (including phenoxy) is 2. The molecule has 0 heterocycles. The second-order valence-corrected chi connectivity index (χ2v) is 4.76. The van der Waals surface area contributed by atoms with E-state index in [0.29, 0.717) is 19.0 Å². The molecule has 0 saturated carbocycles. The van der Waals surface area contributed by atoms with Crippen LogP contribution in [-0.2, 0) is 0 Å². The van der Waals surface area contributed by atoms with E-state index in [4.69, 9.17) is 15.2 Å². The maximum Gasteiger partial charge on any atom is 0.146 e. The monoisotopic (exact) mass is 323 g/mol. The van der Waals surface area contributed by atoms with E-state index >= 15 is 0 Å². The Morgan fingerprint density at radius 3 is 2.42 bits per heavy atom. The van der Waals surface area contributed by atoms with E-state index in [-0.39, 0.29) is 11.4 Å². The van der Waals surface area contributed by atoms with Gasteiger partial charge in [-0.05, 0) is 36.4 Å². The van der Waals surface area contributed by atoms with Gasteiger partial charge in [-0.25, -0.2) is 0 Å². The van der Waals surface area contributed by atoms with Crippen molar-refractivity contribution in [2.75, 3.05) is 18.9 Å². The minimum Gasteiger partial charge on any atom is -0.506 e. The summed E-state index contributed by atoms with van der Waals surface area (Å²) in [5, 5.41) is 9.42. The lowest BCUT2D eigenvalue weighted by molar-refractivity contribution is 0.217. The molecule has 0 aliphatic heterocycles. The predicted molar refractivity (Wildman–Crippen MR) is 77.7 cm³/mol. The molecule has 0 amide bonds. The lowest BCUT2D eigenvalue weighted by Gasteiger charge is -2.10. The molecule has 0 spiro atoms. The molecule has 0 aliphatic carbocycles. The van der Waals surface area contributed by atoms with Gasteiger partial charge < -0.3 is 20.3 Å². The zero-order valence-electron chi connectivity index (χ0n) is 10.2. The molecule has 100 valence electrons. The van der Waals surface area contributed by atoms with Crippen LogP contribution in [0.25, 0.3) is 0 Å². The van der Waals surface area contributed by atoms with Crippen molar-refractivity contribution < 1.29 is 14.6 Å². The van der Waals surface area contributed by atoms with Crippen LogP contribution < -0.4 is 15.2 Å². The number of hydrogen-bond donors (Lipinski definition) is 2. The van der Waals surface area contributed by atoms with Crippen molar-refractivity contribution in [2.24, 2.45) is 0 Å². The van der Waals surface area contributed by atoms with Gasteiger partial charge in [0.05, 0.1) is 0 Å². The lowest BCUT2D eigenvalue weighted by Crippen LogP contribution is -2.09. The quantitative estimate of drug-likeness (QED) is 0.504. The summed E-state index contributed by atoms with van der Waals surface area (Å²) in [5.41, 5.74) is 5.91. The van der Waals surface area contributed by atoms with E-state index in [9.17, 15) is 5.11 Å². The number of phenolic OH excluding ortho intramolecular Hbond substituents is 1. The van der Waals surface area contributed by atoms with Crippen molar-refractivity contribution in [3.8, 4) is 17.2 Å². The molecule has 2 aromatic rings. The average molecular weight is 324 g/mol. The van der Waals surface area contributed by atoms with E-state index < -0.39 is 0 Å². The second-order valence-electron chi connectivity index (χ2n) is 3.84. The third-order valence-corrected chi connectivity index (χ3v) is 3.00. The summed E-state index contributed by atoms with van der Waals surface area (Å²) in [5.74, 6) is 1.25. The van der Waals surface area contributed by atoms with Crippen molar-refractivity contribution in [3.05, 3.63) is 46.9 Å². The van der Waals surface area contributed by atoms with E-state index in [0.717, 1.165) is 10.2 Å². The topological polar surface area (TPSA) is 64.7 Å². The van der Waals surface area contributed by atoms with Crippen LogP contribution >= 0.6 is 15.9 Å². The van der Waals surface area contributed by atoms with Gasteiger partial charge >= 0.3 is 0 Å². The lowest BCUT2D eigenvalue weighted by atomic mass is 10.3. The van der Waals surface area contributed by atoms with E-state index in [1.807, 2.05) is 24.3 Å². The van der Waals surface area contributed by atoms with Crippen molar-refractivity contribution in [3.63, 3.8) is 0 Å². The number of aromatic hydroxyl groups is 1. The van der Waals surface area contributed by atoms with Crippen molar-refractivity contribution >= 4 is 21.6 Å². The molecule has 0 atom stereocenters. The number of halogens is 1. The highest BCUT2D eigenvalue weighted by Crippen LogP contribution is 2.29. The summed E-state index contributed by atoms with van der Waals surface area (Å²) in [6.45, 7) is 0.750. The fourth-order valence-electron chi connectivity index (χ4n) is 1.50. The minimum atomic E-state index is 0.0197. The zero-order valence-corrected chi connectivity index (χ0v) is 11.8. The Bertz CT molecular complexity index is 543. The fraction of sp³-hybridized carbons (Fsp3) is 0.143. The molecule has 0 saturated heterocycles. The number of hydrogen-bond acceptors (Lipinski definition) is 4. The third kappa shape index (κ3) is 3.79. The highest BCUT2D eigenvalue weighted by Gasteiger charge is 2.04. The molecule has 0 bridgehead atoms. The van der Waals surface area contributed by atoms with Crippen LogP contribution in [0.15, 0.2) is 46.9 Å². The third-order valence-electron chi connectivity index (χ3n) is 2.47. The molecule has 4 nitrogen and oxygen atoms in total. The number of anilines is 1. The van der Waals surface area contributed by atoms with Crippen LogP contribution in [0.2, 0.25) is 0 Å².